The summed E-state index contributed by atoms with van der Waals surface area (Å²) >= 11 is 0. The summed E-state index contributed by atoms with van der Waals surface area (Å²) in [6.07, 6.45) is 1.50. The molecule has 1 fully saturated rings. The Balaban J connectivity index is 1.81. The Morgan fingerprint density at radius 1 is 1.24 bits per heavy atom. The molecular weight excluding hydrogens is 218 g/mol. The van der Waals surface area contributed by atoms with Crippen LogP contribution in [0.2, 0.25) is 0 Å². The number of hydrogen-bond acceptors (Lipinski definition) is 3. The maximum atomic E-state index is 11.5. The van der Waals surface area contributed by atoms with Gasteiger partial charge in [-0.05, 0) is 18.4 Å². The summed E-state index contributed by atoms with van der Waals surface area (Å²) in [7, 11) is 0. The van der Waals surface area contributed by atoms with Gasteiger partial charge in [0.2, 0.25) is 5.91 Å². The molecule has 0 heterocycles. The molecule has 0 bridgehead atoms. The van der Waals surface area contributed by atoms with Gasteiger partial charge in [0.25, 0.3) is 0 Å². The summed E-state index contributed by atoms with van der Waals surface area (Å²) in [6.45, 7) is 0.245. The second kappa shape index (κ2) is 4.57. The Labute approximate surface area is 99.8 Å². The fraction of sp³-hybridized carbons (Fsp3) is 0.385. The van der Waals surface area contributed by atoms with Crippen LogP contribution in [0.5, 0.6) is 0 Å². The van der Waals surface area contributed by atoms with Gasteiger partial charge in [0.05, 0.1) is 11.8 Å². The molecule has 2 rings (SSSR count). The summed E-state index contributed by atoms with van der Waals surface area (Å²) in [5, 5.41) is 0. The van der Waals surface area contributed by atoms with Crippen LogP contribution in [0, 0.1) is 5.41 Å². The molecule has 4 nitrogen and oxygen atoms in total. The third-order valence-corrected chi connectivity index (χ3v) is 3.10. The second-order valence-corrected chi connectivity index (χ2v) is 4.47. The molecule has 0 aromatic heterocycles. The number of hydrogen-bond donors (Lipinski definition) is 1. The van der Waals surface area contributed by atoms with E-state index in [0.717, 1.165) is 5.56 Å². The topological polar surface area (TPSA) is 69.4 Å². The van der Waals surface area contributed by atoms with Crippen LogP contribution in [0.25, 0.3) is 0 Å². The molecule has 1 aliphatic carbocycles. The van der Waals surface area contributed by atoms with E-state index in [4.69, 9.17) is 10.5 Å². The van der Waals surface area contributed by atoms with Gasteiger partial charge in [-0.3, -0.25) is 9.59 Å². The van der Waals surface area contributed by atoms with Crippen molar-refractivity contribution in [2.24, 2.45) is 11.1 Å². The lowest BCUT2D eigenvalue weighted by molar-refractivity contribution is -0.148. The molecular formula is C13H15NO3. The van der Waals surface area contributed by atoms with E-state index in [1.165, 1.54) is 0 Å². The highest BCUT2D eigenvalue weighted by molar-refractivity contribution is 5.88. The highest BCUT2D eigenvalue weighted by Crippen LogP contribution is 2.48. The summed E-state index contributed by atoms with van der Waals surface area (Å²) in [5.74, 6) is -0.751. The largest absolute Gasteiger partial charge is 0.461 e. The minimum atomic E-state index is -0.617. The molecule has 1 saturated carbocycles. The monoisotopic (exact) mass is 233 g/mol. The number of amides is 1. The molecule has 0 aliphatic heterocycles. The number of esters is 1. The fourth-order valence-corrected chi connectivity index (χ4v) is 1.73. The van der Waals surface area contributed by atoms with E-state index in [2.05, 4.69) is 0 Å². The van der Waals surface area contributed by atoms with Crippen LogP contribution in [0.3, 0.4) is 0 Å². The molecule has 1 aromatic rings. The van der Waals surface area contributed by atoms with Gasteiger partial charge >= 0.3 is 5.97 Å². The highest BCUT2D eigenvalue weighted by Gasteiger charge is 2.50. The predicted octanol–water partition coefficient (Wildman–Crippen LogP) is 1.39. The average molecular weight is 233 g/mol. The van der Waals surface area contributed by atoms with Crippen LogP contribution in [0.4, 0.5) is 0 Å². The normalized spacial score (nSPS) is 16.2. The van der Waals surface area contributed by atoms with Crippen molar-refractivity contribution >= 4 is 11.9 Å². The molecule has 0 spiro atoms. The fourth-order valence-electron chi connectivity index (χ4n) is 1.73. The molecule has 0 unspecified atom stereocenters. The molecule has 2 N–H and O–H groups in total. The first-order chi connectivity index (χ1) is 8.12. The van der Waals surface area contributed by atoms with Crippen molar-refractivity contribution in [1.29, 1.82) is 0 Å². The highest BCUT2D eigenvalue weighted by atomic mass is 16.5. The number of carbonyl (C=O) groups is 2. The lowest BCUT2D eigenvalue weighted by Gasteiger charge is -2.10. The minimum Gasteiger partial charge on any atom is -0.461 e. The van der Waals surface area contributed by atoms with Crippen LogP contribution in [0.1, 0.15) is 24.8 Å². The summed E-state index contributed by atoms with van der Waals surface area (Å²) in [5.41, 5.74) is 5.56. The molecule has 1 amide bonds. The van der Waals surface area contributed by atoms with Gasteiger partial charge in [0, 0.05) is 0 Å². The van der Waals surface area contributed by atoms with Crippen LogP contribution in [-0.2, 0) is 20.9 Å². The Hall–Kier alpha value is -1.84. The van der Waals surface area contributed by atoms with Crippen molar-refractivity contribution in [2.75, 3.05) is 0 Å². The van der Waals surface area contributed by atoms with Crippen LogP contribution in [0.15, 0.2) is 30.3 Å². The number of nitrogens with two attached hydrogens (primary N) is 1. The van der Waals surface area contributed by atoms with Gasteiger partial charge in [0.1, 0.15) is 6.61 Å². The molecule has 0 radical (unpaired) electrons. The summed E-state index contributed by atoms with van der Waals surface area (Å²) in [4.78, 5) is 22.7. The first-order valence-electron chi connectivity index (χ1n) is 5.62. The van der Waals surface area contributed by atoms with Gasteiger partial charge in [-0.1, -0.05) is 30.3 Å². The second-order valence-electron chi connectivity index (χ2n) is 4.47. The number of primary amides is 1. The SMILES string of the molecule is NC(=O)C1(CC(=O)OCc2ccccc2)CC1. The standard InChI is InChI=1S/C13H15NO3/c14-12(16)13(6-7-13)8-11(15)17-9-10-4-2-1-3-5-10/h1-5H,6-9H2,(H2,14,16). The van der Waals surface area contributed by atoms with Crippen LogP contribution in [-0.4, -0.2) is 11.9 Å². The number of rotatable bonds is 5. The molecule has 1 aromatic carbocycles. The maximum Gasteiger partial charge on any atom is 0.307 e. The molecule has 17 heavy (non-hydrogen) atoms. The molecule has 4 heteroatoms. The number of carbonyl (C=O) groups excluding carboxylic acids is 2. The molecule has 0 atom stereocenters. The van der Waals surface area contributed by atoms with E-state index in [1.807, 2.05) is 30.3 Å². The maximum absolute atomic E-state index is 11.5. The van der Waals surface area contributed by atoms with Gasteiger partial charge in [0.15, 0.2) is 0 Å². The lowest BCUT2D eigenvalue weighted by atomic mass is 10.0. The third-order valence-electron chi connectivity index (χ3n) is 3.10. The van der Waals surface area contributed by atoms with E-state index < -0.39 is 11.3 Å². The van der Waals surface area contributed by atoms with E-state index in [9.17, 15) is 9.59 Å². The van der Waals surface area contributed by atoms with Crippen LogP contribution >= 0.6 is 0 Å². The third kappa shape index (κ3) is 2.84. The summed E-state index contributed by atoms with van der Waals surface area (Å²) in [6, 6.07) is 9.43. The van der Waals surface area contributed by atoms with Crippen molar-refractivity contribution in [1.82, 2.24) is 0 Å². The zero-order valence-corrected chi connectivity index (χ0v) is 9.52. The van der Waals surface area contributed by atoms with E-state index >= 15 is 0 Å². The Morgan fingerprint density at radius 3 is 2.41 bits per heavy atom. The van der Waals surface area contributed by atoms with Crippen molar-refractivity contribution in [3.05, 3.63) is 35.9 Å². The lowest BCUT2D eigenvalue weighted by Crippen LogP contribution is -2.27. The zero-order chi connectivity index (χ0) is 12.3. The van der Waals surface area contributed by atoms with Crippen molar-refractivity contribution < 1.29 is 14.3 Å². The van der Waals surface area contributed by atoms with Crippen molar-refractivity contribution in [2.45, 2.75) is 25.9 Å². The quantitative estimate of drug-likeness (QED) is 0.781. The van der Waals surface area contributed by atoms with E-state index in [-0.39, 0.29) is 19.0 Å². The van der Waals surface area contributed by atoms with Crippen molar-refractivity contribution in [3.63, 3.8) is 0 Å². The predicted molar refractivity (Wildman–Crippen MR) is 61.7 cm³/mol. The molecule has 90 valence electrons. The Kier molecular flexibility index (Phi) is 3.13. The van der Waals surface area contributed by atoms with Gasteiger partial charge < -0.3 is 10.5 Å². The van der Waals surface area contributed by atoms with Crippen LogP contribution < -0.4 is 5.73 Å². The number of ether oxygens (including phenoxy) is 1. The Morgan fingerprint density at radius 2 is 1.88 bits per heavy atom. The smallest absolute Gasteiger partial charge is 0.307 e. The van der Waals surface area contributed by atoms with Gasteiger partial charge in [-0.15, -0.1) is 0 Å². The number of benzene rings is 1. The molecule has 1 aliphatic rings. The van der Waals surface area contributed by atoms with Gasteiger partial charge in [-0.2, -0.15) is 0 Å². The summed E-state index contributed by atoms with van der Waals surface area (Å²) < 4.78 is 5.11. The average Bonchev–Trinajstić information content (AvgIpc) is 3.09. The minimum absolute atomic E-state index is 0.106. The van der Waals surface area contributed by atoms with Gasteiger partial charge in [-0.25, -0.2) is 0 Å². The first kappa shape index (κ1) is 11.6. The van der Waals surface area contributed by atoms with E-state index in [0.29, 0.717) is 12.8 Å². The van der Waals surface area contributed by atoms with E-state index in [1.54, 1.807) is 0 Å². The van der Waals surface area contributed by atoms with Crippen molar-refractivity contribution in [3.8, 4) is 0 Å². The Bertz CT molecular complexity index is 424. The molecule has 0 saturated heterocycles. The first-order valence-corrected chi connectivity index (χ1v) is 5.62. The zero-order valence-electron chi connectivity index (χ0n) is 9.52.